The van der Waals surface area contributed by atoms with Crippen molar-refractivity contribution in [1.82, 2.24) is 0 Å². The monoisotopic (exact) mass is 992 g/mol. The Kier molecular flexibility index (Phi) is 49.7. The van der Waals surface area contributed by atoms with E-state index in [1.54, 1.807) is 0 Å². The highest BCUT2D eigenvalue weighted by Crippen LogP contribution is 2.15. The van der Waals surface area contributed by atoms with Crippen LogP contribution in [0.1, 0.15) is 219 Å². The van der Waals surface area contributed by atoms with Gasteiger partial charge in [-0.15, -0.1) is 0 Å². The van der Waals surface area contributed by atoms with Crippen LogP contribution in [0.25, 0.3) is 0 Å². The van der Waals surface area contributed by atoms with E-state index >= 15 is 0 Å². The molecular formula is C62H105NO8. The van der Waals surface area contributed by atoms with Gasteiger partial charge in [0.05, 0.1) is 40.3 Å². The molecule has 9 heteroatoms. The third kappa shape index (κ3) is 53.8. The standard InChI is InChI=1S/C62H105NO8/c1-6-8-10-12-14-16-18-20-21-22-23-24-25-26-27-28-29-30-31-32-33-34-35-36-37-38-39-41-43-45-47-49-51-53-60(65)71-58(57-70-62(61(66)67)68-55-54-63(3,4)5)56-69-59(64)52-50-48-46-44-42-40-19-17-15-13-11-9-7-2/h8,10,14,16-17,19-21,23-24,26-27,29-30,32-33,58,62H,6-7,9,11-13,15,18,22,25,28,31,34-57H2,1-5H3/b10-8-,16-14-,19-17-,21-20-,24-23-,27-26-,30-29-,33-32-. The Hall–Kier alpha value is -3.79. The van der Waals surface area contributed by atoms with E-state index in [-0.39, 0.29) is 38.6 Å². The van der Waals surface area contributed by atoms with Crippen LogP contribution in [0, 0.1) is 0 Å². The molecule has 0 radical (unpaired) electrons. The van der Waals surface area contributed by atoms with Crippen LogP contribution in [0.15, 0.2) is 97.2 Å². The summed E-state index contributed by atoms with van der Waals surface area (Å²) < 4.78 is 22.6. The van der Waals surface area contributed by atoms with Gasteiger partial charge in [-0.25, -0.2) is 0 Å². The second-order valence-electron chi connectivity index (χ2n) is 19.8. The predicted molar refractivity (Wildman–Crippen MR) is 297 cm³/mol. The zero-order valence-electron chi connectivity index (χ0n) is 46.1. The fourth-order valence-corrected chi connectivity index (χ4v) is 7.45. The number of quaternary nitrogens is 1. The molecule has 9 nitrogen and oxygen atoms in total. The highest BCUT2D eigenvalue weighted by atomic mass is 16.7. The number of rotatable bonds is 51. The molecule has 0 N–H and O–H groups in total. The summed E-state index contributed by atoms with van der Waals surface area (Å²) >= 11 is 0. The van der Waals surface area contributed by atoms with Gasteiger partial charge in [-0.3, -0.25) is 9.59 Å². The molecule has 0 spiro atoms. The lowest BCUT2D eigenvalue weighted by atomic mass is 10.0. The number of aliphatic carboxylic acids is 1. The Bertz CT molecular complexity index is 1480. The predicted octanol–water partition coefficient (Wildman–Crippen LogP) is 15.2. The Morgan fingerprint density at radius 2 is 0.803 bits per heavy atom. The minimum atomic E-state index is -1.63. The van der Waals surface area contributed by atoms with Crippen molar-refractivity contribution in [1.29, 1.82) is 0 Å². The zero-order valence-corrected chi connectivity index (χ0v) is 46.1. The molecule has 0 saturated carbocycles. The van der Waals surface area contributed by atoms with Gasteiger partial charge in [0.1, 0.15) is 13.2 Å². The molecule has 0 aromatic heterocycles. The van der Waals surface area contributed by atoms with E-state index in [0.717, 1.165) is 109 Å². The van der Waals surface area contributed by atoms with Crippen LogP contribution in [-0.2, 0) is 33.3 Å². The van der Waals surface area contributed by atoms with Crippen LogP contribution in [0.3, 0.4) is 0 Å². The molecule has 0 rings (SSSR count). The van der Waals surface area contributed by atoms with E-state index in [2.05, 4.69) is 111 Å². The number of carboxylic acids is 1. The Balaban J connectivity index is 4.19. The molecule has 0 saturated heterocycles. The van der Waals surface area contributed by atoms with Crippen LogP contribution in [0.2, 0.25) is 0 Å². The number of ether oxygens (including phenoxy) is 4. The van der Waals surface area contributed by atoms with Crippen molar-refractivity contribution in [2.45, 2.75) is 232 Å². The van der Waals surface area contributed by atoms with Crippen LogP contribution >= 0.6 is 0 Å². The molecule has 0 aromatic carbocycles. The molecule has 0 heterocycles. The van der Waals surface area contributed by atoms with Crippen LogP contribution in [-0.4, -0.2) is 82.3 Å². The smallest absolute Gasteiger partial charge is 0.306 e. The number of carbonyl (C=O) groups is 3. The first-order chi connectivity index (χ1) is 34.6. The lowest BCUT2D eigenvalue weighted by molar-refractivity contribution is -0.870. The summed E-state index contributed by atoms with van der Waals surface area (Å²) in [6, 6.07) is 0. The Labute approximate surface area is 435 Å². The fourth-order valence-electron chi connectivity index (χ4n) is 7.45. The largest absolute Gasteiger partial charge is 0.545 e. The molecule has 0 bridgehead atoms. The lowest BCUT2D eigenvalue weighted by Gasteiger charge is -2.26. The number of nitrogens with zero attached hydrogens (tertiary/aromatic N) is 1. The van der Waals surface area contributed by atoms with Gasteiger partial charge in [0.25, 0.3) is 0 Å². The third-order valence-corrected chi connectivity index (χ3v) is 11.8. The summed E-state index contributed by atoms with van der Waals surface area (Å²) in [5.41, 5.74) is 0. The van der Waals surface area contributed by atoms with E-state index in [9.17, 15) is 19.5 Å². The lowest BCUT2D eigenvalue weighted by Crippen LogP contribution is -2.44. The third-order valence-electron chi connectivity index (χ3n) is 11.8. The van der Waals surface area contributed by atoms with E-state index in [1.807, 2.05) is 21.1 Å². The number of unbranched alkanes of at least 4 members (excludes halogenated alkanes) is 20. The number of hydrogen-bond acceptors (Lipinski definition) is 8. The highest BCUT2D eigenvalue weighted by Gasteiger charge is 2.22. The summed E-state index contributed by atoms with van der Waals surface area (Å²) in [4.78, 5) is 37.2. The first-order valence-electron chi connectivity index (χ1n) is 28.4. The molecule has 2 unspecified atom stereocenters. The number of carbonyl (C=O) groups excluding carboxylic acids is 3. The number of esters is 2. The van der Waals surface area contributed by atoms with Gasteiger partial charge >= 0.3 is 11.9 Å². The average molecular weight is 993 g/mol. The van der Waals surface area contributed by atoms with Crippen LogP contribution in [0.5, 0.6) is 0 Å². The summed E-state index contributed by atoms with van der Waals surface area (Å²) in [6.45, 7) is 4.59. The average Bonchev–Trinajstić information content (AvgIpc) is 3.34. The van der Waals surface area contributed by atoms with E-state index in [0.29, 0.717) is 17.4 Å². The molecule has 0 aliphatic rings. The van der Waals surface area contributed by atoms with Crippen molar-refractivity contribution in [3.63, 3.8) is 0 Å². The van der Waals surface area contributed by atoms with Crippen LogP contribution in [0.4, 0.5) is 0 Å². The molecular weight excluding hydrogens is 887 g/mol. The fraction of sp³-hybridized carbons (Fsp3) is 0.694. The van der Waals surface area contributed by atoms with Gasteiger partial charge < -0.3 is 33.3 Å². The van der Waals surface area contributed by atoms with E-state index < -0.39 is 24.3 Å². The van der Waals surface area contributed by atoms with Crippen molar-refractivity contribution >= 4 is 17.9 Å². The summed E-state index contributed by atoms with van der Waals surface area (Å²) in [5.74, 6) is -2.30. The van der Waals surface area contributed by atoms with Crippen LogP contribution < -0.4 is 5.11 Å². The van der Waals surface area contributed by atoms with Crippen molar-refractivity contribution in [2.24, 2.45) is 0 Å². The minimum Gasteiger partial charge on any atom is -0.545 e. The van der Waals surface area contributed by atoms with Gasteiger partial charge in [0.2, 0.25) is 0 Å². The number of allylic oxidation sites excluding steroid dienone is 16. The molecule has 0 amide bonds. The summed E-state index contributed by atoms with van der Waals surface area (Å²) in [7, 11) is 5.91. The number of likely N-dealkylation sites (N-methyl/N-ethyl adjacent to an activating group) is 1. The van der Waals surface area contributed by atoms with Crippen molar-refractivity contribution in [2.75, 3.05) is 47.5 Å². The molecule has 0 aliphatic heterocycles. The second kappa shape index (κ2) is 52.5. The normalized spacial score (nSPS) is 13.5. The summed E-state index contributed by atoms with van der Waals surface area (Å²) in [6.07, 6.45) is 67.4. The SMILES string of the molecule is CC/C=C\C/C=C\C/C=C\C/C=C\C/C=C\C/C=C\C/C=C\CCCCCCCCCCCCCC(=O)OC(COC(=O)CCCCCCC/C=C\CCCCCC)COC(OCC[N+](C)(C)C)C(=O)[O-]. The van der Waals surface area contributed by atoms with E-state index in [1.165, 1.54) is 77.0 Å². The topological polar surface area (TPSA) is 111 Å². The van der Waals surface area contributed by atoms with Gasteiger partial charge in [0, 0.05) is 12.8 Å². The molecule has 2 atom stereocenters. The first kappa shape index (κ1) is 67.2. The first-order valence-corrected chi connectivity index (χ1v) is 28.4. The number of carboxylic acid groups (broad SMARTS) is 1. The van der Waals surface area contributed by atoms with Crippen molar-refractivity contribution < 1.29 is 42.9 Å². The maximum absolute atomic E-state index is 12.8. The number of hydrogen-bond donors (Lipinski definition) is 0. The highest BCUT2D eigenvalue weighted by molar-refractivity contribution is 5.70. The van der Waals surface area contributed by atoms with E-state index in [4.69, 9.17) is 18.9 Å². The zero-order chi connectivity index (χ0) is 52.0. The minimum absolute atomic E-state index is 0.142. The van der Waals surface area contributed by atoms with Crippen molar-refractivity contribution in [3.05, 3.63) is 97.2 Å². The maximum Gasteiger partial charge on any atom is 0.306 e. The van der Waals surface area contributed by atoms with Gasteiger partial charge in [-0.2, -0.15) is 0 Å². The Morgan fingerprint density at radius 1 is 0.437 bits per heavy atom. The second-order valence-corrected chi connectivity index (χ2v) is 19.8. The van der Waals surface area contributed by atoms with Crippen molar-refractivity contribution in [3.8, 4) is 0 Å². The molecule has 0 fully saturated rings. The summed E-state index contributed by atoms with van der Waals surface area (Å²) in [5, 5.41) is 11.7. The quantitative estimate of drug-likeness (QED) is 0.0195. The molecule has 0 aliphatic carbocycles. The maximum atomic E-state index is 12.8. The molecule has 0 aromatic rings. The van der Waals surface area contributed by atoms with Gasteiger partial charge in [-0.05, 0) is 96.3 Å². The Morgan fingerprint density at radius 3 is 1.21 bits per heavy atom. The van der Waals surface area contributed by atoms with Gasteiger partial charge in [-0.1, -0.05) is 207 Å². The van der Waals surface area contributed by atoms with Gasteiger partial charge in [0.15, 0.2) is 12.4 Å². The molecule has 71 heavy (non-hydrogen) atoms. The molecule has 406 valence electrons.